The van der Waals surface area contributed by atoms with Crippen LogP contribution in [-0.4, -0.2) is 28.7 Å². The third-order valence-electron chi connectivity index (χ3n) is 4.67. The normalized spacial score (nSPS) is 15.7. The van der Waals surface area contributed by atoms with E-state index >= 15 is 0 Å². The lowest BCUT2D eigenvalue weighted by Gasteiger charge is -2.32. The monoisotopic (exact) mass is 411 g/mol. The van der Waals surface area contributed by atoms with Crippen molar-refractivity contribution in [3.8, 4) is 5.75 Å². The van der Waals surface area contributed by atoms with E-state index < -0.39 is 29.8 Å². The number of amides is 3. The van der Waals surface area contributed by atoms with E-state index in [-0.39, 0.29) is 12.3 Å². The molecule has 1 aliphatic rings. The highest BCUT2D eigenvalue weighted by molar-refractivity contribution is 5.86. The molecule has 156 valence electrons. The number of ether oxygens (including phenoxy) is 1. The molecule has 3 rings (SSSR count). The molecule has 0 bridgehead atoms. The summed E-state index contributed by atoms with van der Waals surface area (Å²) in [5.41, 5.74) is 6.45. The number of rotatable bonds is 5. The molecule has 2 N–H and O–H groups in total. The summed E-state index contributed by atoms with van der Waals surface area (Å²) in [4.78, 5) is 38.1. The highest BCUT2D eigenvalue weighted by atomic mass is 19.1. The van der Waals surface area contributed by atoms with Gasteiger partial charge in [-0.15, -0.1) is 0 Å². The van der Waals surface area contributed by atoms with Crippen LogP contribution in [0.4, 0.5) is 4.39 Å². The van der Waals surface area contributed by atoms with Crippen LogP contribution in [0.1, 0.15) is 37.4 Å². The van der Waals surface area contributed by atoms with Gasteiger partial charge in [0.15, 0.2) is 6.10 Å². The summed E-state index contributed by atoms with van der Waals surface area (Å²) in [5.74, 6) is -1.30. The first-order chi connectivity index (χ1) is 14.3. The summed E-state index contributed by atoms with van der Waals surface area (Å²) in [6.07, 6.45) is 2.53. The first-order valence-electron chi connectivity index (χ1n) is 9.42. The maximum absolute atomic E-state index is 12.9. The van der Waals surface area contributed by atoms with Gasteiger partial charge in [0, 0.05) is 13.1 Å². The van der Waals surface area contributed by atoms with Crippen molar-refractivity contribution in [3.05, 3.63) is 71.7 Å². The number of nitrogens with one attached hydrogen (secondary N) is 2. The van der Waals surface area contributed by atoms with Crippen molar-refractivity contribution >= 4 is 23.8 Å². The minimum absolute atomic E-state index is 0.0333. The molecule has 0 fully saturated rings. The van der Waals surface area contributed by atoms with Crippen LogP contribution in [0, 0.1) is 5.82 Å². The molecule has 7 nitrogen and oxygen atoms in total. The maximum atomic E-state index is 12.9. The number of carbonyl (C=O) groups excluding carboxylic acids is 3. The zero-order valence-corrected chi connectivity index (χ0v) is 16.6. The van der Waals surface area contributed by atoms with Crippen LogP contribution in [0.3, 0.4) is 0 Å². The van der Waals surface area contributed by atoms with Gasteiger partial charge in [0.2, 0.25) is 11.8 Å². The number of benzene rings is 2. The Morgan fingerprint density at radius 2 is 1.80 bits per heavy atom. The molecule has 0 saturated heterocycles. The van der Waals surface area contributed by atoms with E-state index in [4.69, 9.17) is 4.74 Å². The molecule has 0 radical (unpaired) electrons. The first-order valence-corrected chi connectivity index (χ1v) is 9.42. The molecule has 0 aliphatic carbocycles. The second kappa shape index (κ2) is 9.21. The molecule has 2 aromatic carbocycles. The molecule has 1 heterocycles. The fourth-order valence-electron chi connectivity index (χ4n) is 3.14. The number of hydrogen-bond donors (Lipinski definition) is 2. The van der Waals surface area contributed by atoms with Gasteiger partial charge in [-0.1, -0.05) is 24.3 Å². The number of carbonyl (C=O) groups is 3. The van der Waals surface area contributed by atoms with Gasteiger partial charge in [0.05, 0.1) is 12.5 Å². The third kappa shape index (κ3) is 5.02. The van der Waals surface area contributed by atoms with Crippen molar-refractivity contribution in [2.75, 3.05) is 0 Å². The lowest BCUT2D eigenvalue weighted by Crippen LogP contribution is -2.48. The van der Waals surface area contributed by atoms with Crippen LogP contribution in [0.2, 0.25) is 0 Å². The van der Waals surface area contributed by atoms with E-state index in [0.717, 1.165) is 11.1 Å². The molecule has 0 saturated carbocycles. The Bertz CT molecular complexity index is 975. The zero-order valence-electron chi connectivity index (χ0n) is 16.6. The standard InChI is InChI=1S/C22H22FN3O4/c1-14(30-18-9-7-17(23)8-10-18)22(29)25-24-21(28)13-20-19-6-4-3-5-16(19)11-12-26(20)15(2)27/h3-12,14,20H,13H2,1-2H3,(H,24,28)(H,25,29)/t14-,20-/m0/s1. The van der Waals surface area contributed by atoms with Crippen LogP contribution in [0.15, 0.2) is 54.7 Å². The van der Waals surface area contributed by atoms with Crippen molar-refractivity contribution in [1.82, 2.24) is 15.8 Å². The smallest absolute Gasteiger partial charge is 0.279 e. The number of fused-ring (bicyclic) bond motifs is 1. The van der Waals surface area contributed by atoms with Crippen LogP contribution in [-0.2, 0) is 14.4 Å². The first kappa shape index (κ1) is 21.0. The Hall–Kier alpha value is -3.68. The number of hydrazine groups is 1. The quantitative estimate of drug-likeness (QED) is 0.741. The highest BCUT2D eigenvalue weighted by Crippen LogP contribution is 2.32. The molecule has 30 heavy (non-hydrogen) atoms. The van der Waals surface area contributed by atoms with Gasteiger partial charge in [0.25, 0.3) is 5.91 Å². The molecule has 0 unspecified atom stereocenters. The average Bonchev–Trinajstić information content (AvgIpc) is 2.73. The summed E-state index contributed by atoms with van der Waals surface area (Å²) >= 11 is 0. The molecular weight excluding hydrogens is 389 g/mol. The van der Waals surface area contributed by atoms with Gasteiger partial charge >= 0.3 is 0 Å². The summed E-state index contributed by atoms with van der Waals surface area (Å²) < 4.78 is 18.4. The number of nitrogens with zero attached hydrogens (tertiary/aromatic N) is 1. The predicted molar refractivity (Wildman–Crippen MR) is 108 cm³/mol. The number of halogens is 1. The van der Waals surface area contributed by atoms with Gasteiger partial charge in [-0.25, -0.2) is 4.39 Å². The lowest BCUT2D eigenvalue weighted by atomic mass is 9.93. The number of hydrogen-bond acceptors (Lipinski definition) is 4. The Morgan fingerprint density at radius 1 is 1.10 bits per heavy atom. The van der Waals surface area contributed by atoms with Crippen LogP contribution in [0.25, 0.3) is 6.08 Å². The maximum Gasteiger partial charge on any atom is 0.279 e. The molecule has 3 amide bonds. The van der Waals surface area contributed by atoms with Crippen molar-refractivity contribution in [2.24, 2.45) is 0 Å². The van der Waals surface area contributed by atoms with E-state index in [0.29, 0.717) is 5.75 Å². The van der Waals surface area contributed by atoms with Crippen molar-refractivity contribution < 1.29 is 23.5 Å². The molecule has 2 aromatic rings. The summed E-state index contributed by atoms with van der Waals surface area (Å²) in [6.45, 7) is 2.93. The minimum atomic E-state index is -0.914. The van der Waals surface area contributed by atoms with Crippen molar-refractivity contribution in [2.45, 2.75) is 32.4 Å². The second-order valence-corrected chi connectivity index (χ2v) is 6.84. The molecular formula is C22H22FN3O4. The van der Waals surface area contributed by atoms with E-state index in [1.165, 1.54) is 43.0 Å². The van der Waals surface area contributed by atoms with Crippen LogP contribution < -0.4 is 15.6 Å². The minimum Gasteiger partial charge on any atom is -0.481 e. The van der Waals surface area contributed by atoms with Gasteiger partial charge in [0.1, 0.15) is 11.6 Å². The molecule has 2 atom stereocenters. The van der Waals surface area contributed by atoms with Crippen LogP contribution in [0.5, 0.6) is 5.75 Å². The largest absolute Gasteiger partial charge is 0.481 e. The van der Waals surface area contributed by atoms with Crippen molar-refractivity contribution in [3.63, 3.8) is 0 Å². The summed E-state index contributed by atoms with van der Waals surface area (Å²) in [7, 11) is 0. The van der Waals surface area contributed by atoms with Crippen LogP contribution >= 0.6 is 0 Å². The molecule has 0 aromatic heterocycles. The van der Waals surface area contributed by atoms with Crippen molar-refractivity contribution in [1.29, 1.82) is 0 Å². The summed E-state index contributed by atoms with van der Waals surface area (Å²) in [5, 5.41) is 0. The lowest BCUT2D eigenvalue weighted by molar-refractivity contribution is -0.134. The Balaban J connectivity index is 1.57. The zero-order chi connectivity index (χ0) is 21.7. The Morgan fingerprint density at radius 3 is 2.50 bits per heavy atom. The predicted octanol–water partition coefficient (Wildman–Crippen LogP) is 2.70. The fourth-order valence-corrected chi connectivity index (χ4v) is 3.14. The summed E-state index contributed by atoms with van der Waals surface area (Å²) in [6, 6.07) is 12.3. The molecule has 0 spiro atoms. The fraction of sp³-hybridized carbons (Fsp3) is 0.227. The van der Waals surface area contributed by atoms with E-state index in [2.05, 4.69) is 10.9 Å². The third-order valence-corrected chi connectivity index (χ3v) is 4.67. The topological polar surface area (TPSA) is 87.7 Å². The van der Waals surface area contributed by atoms with Gasteiger partial charge in [-0.2, -0.15) is 0 Å². The van der Waals surface area contributed by atoms with E-state index in [1.54, 1.807) is 6.20 Å². The molecule has 8 heteroatoms. The SMILES string of the molecule is CC(=O)N1C=Cc2ccccc2[C@@H]1CC(=O)NNC(=O)[C@H](C)Oc1ccc(F)cc1. The van der Waals surface area contributed by atoms with Gasteiger partial charge < -0.3 is 9.64 Å². The van der Waals surface area contributed by atoms with E-state index in [1.807, 2.05) is 30.3 Å². The van der Waals surface area contributed by atoms with Gasteiger partial charge in [-0.05, 0) is 48.4 Å². The van der Waals surface area contributed by atoms with Gasteiger partial charge in [-0.3, -0.25) is 25.2 Å². The van der Waals surface area contributed by atoms with E-state index in [9.17, 15) is 18.8 Å². The average molecular weight is 411 g/mol. The highest BCUT2D eigenvalue weighted by Gasteiger charge is 2.28. The Labute approximate surface area is 173 Å². The Kier molecular flexibility index (Phi) is 6.46. The molecule has 1 aliphatic heterocycles. The second-order valence-electron chi connectivity index (χ2n) is 6.84.